The van der Waals surface area contributed by atoms with Crippen LogP contribution in [0, 0.1) is 0 Å². The molecular formula is C43H23N3O2. The summed E-state index contributed by atoms with van der Waals surface area (Å²) in [5, 5.41) is 6.54. The van der Waals surface area contributed by atoms with Crippen LogP contribution in [0.2, 0.25) is 0 Å². The number of aromatic nitrogens is 3. The fraction of sp³-hybridized carbons (Fsp3) is 0. The average molecular weight is 614 g/mol. The summed E-state index contributed by atoms with van der Waals surface area (Å²) in [5.41, 5.74) is 10.5. The molecule has 0 saturated heterocycles. The third kappa shape index (κ3) is 3.47. The molecule has 0 bridgehead atoms. The van der Waals surface area contributed by atoms with Crippen LogP contribution in [0.15, 0.2) is 148 Å². The molecule has 0 N–H and O–H groups in total. The van der Waals surface area contributed by atoms with Crippen LogP contribution in [0.5, 0.6) is 0 Å². The van der Waals surface area contributed by atoms with E-state index >= 15 is 0 Å². The summed E-state index contributed by atoms with van der Waals surface area (Å²) >= 11 is 0. The zero-order valence-corrected chi connectivity index (χ0v) is 25.4. The van der Waals surface area contributed by atoms with Crippen molar-refractivity contribution >= 4 is 54.6 Å². The molecule has 0 atom stereocenters. The minimum absolute atomic E-state index is 0.552. The second-order valence-electron chi connectivity index (χ2n) is 12.3. The Hall–Kier alpha value is -6.59. The smallest absolute Gasteiger partial charge is 0.167 e. The number of hydrogen-bond acceptors (Lipinski definition) is 5. The summed E-state index contributed by atoms with van der Waals surface area (Å²) in [4.78, 5) is 15.7. The van der Waals surface area contributed by atoms with Crippen LogP contribution in [0.4, 0.5) is 0 Å². The predicted octanol–water partition coefficient (Wildman–Crippen LogP) is 11.5. The molecule has 3 heterocycles. The monoisotopic (exact) mass is 613 g/mol. The molecule has 3 aromatic heterocycles. The van der Waals surface area contributed by atoms with E-state index in [0.29, 0.717) is 17.5 Å². The lowest BCUT2D eigenvalue weighted by atomic mass is 9.93. The largest absolute Gasteiger partial charge is 0.456 e. The van der Waals surface area contributed by atoms with Crippen molar-refractivity contribution in [1.29, 1.82) is 0 Å². The first-order chi connectivity index (χ1) is 23.8. The van der Waals surface area contributed by atoms with E-state index in [0.717, 1.165) is 71.7 Å². The molecule has 0 spiro atoms. The Morgan fingerprint density at radius 3 is 1.88 bits per heavy atom. The van der Waals surface area contributed by atoms with E-state index in [1.54, 1.807) is 0 Å². The van der Waals surface area contributed by atoms with Gasteiger partial charge in [0.15, 0.2) is 17.5 Å². The molecule has 7 aromatic carbocycles. The highest BCUT2D eigenvalue weighted by Gasteiger charge is 2.30. The van der Waals surface area contributed by atoms with Crippen molar-refractivity contribution in [3.05, 3.63) is 140 Å². The highest BCUT2D eigenvalue weighted by atomic mass is 16.3. The van der Waals surface area contributed by atoms with Crippen molar-refractivity contribution in [2.45, 2.75) is 0 Å². The lowest BCUT2D eigenvalue weighted by Crippen LogP contribution is -2.01. The zero-order chi connectivity index (χ0) is 31.3. The first-order valence-electron chi connectivity index (χ1n) is 16.0. The average Bonchev–Trinajstić information content (AvgIpc) is 3.82. The fourth-order valence-electron chi connectivity index (χ4n) is 7.62. The van der Waals surface area contributed by atoms with E-state index in [1.807, 2.05) is 72.8 Å². The van der Waals surface area contributed by atoms with Crippen LogP contribution >= 0.6 is 0 Å². The highest BCUT2D eigenvalue weighted by Crippen LogP contribution is 2.54. The standard InChI is InChI=1S/C43H23N3O2/c1-2-11-25(12-3-1)41-44-42(31-20-10-18-28-26-15-4-6-21-33(26)48-40(28)31)46-43(45-41)39-37-30-19-9-14-24-13-8-17-27(36(24)30)32(37)23-35-38(39)29-16-5-7-22-34(29)47-35/h1-23H. The summed E-state index contributed by atoms with van der Waals surface area (Å²) < 4.78 is 13.1. The summed E-state index contributed by atoms with van der Waals surface area (Å²) in [6.45, 7) is 0. The fourth-order valence-corrected chi connectivity index (χ4v) is 7.62. The van der Waals surface area contributed by atoms with Crippen LogP contribution in [0.1, 0.15) is 0 Å². The Kier molecular flexibility index (Phi) is 5.05. The van der Waals surface area contributed by atoms with Crippen LogP contribution in [-0.2, 0) is 0 Å². The first-order valence-corrected chi connectivity index (χ1v) is 16.0. The Labute approximate surface area is 273 Å². The molecule has 0 radical (unpaired) electrons. The minimum atomic E-state index is 0.552. The van der Waals surface area contributed by atoms with E-state index in [-0.39, 0.29) is 0 Å². The second kappa shape index (κ2) is 9.47. The van der Waals surface area contributed by atoms with Crippen molar-refractivity contribution in [1.82, 2.24) is 15.0 Å². The van der Waals surface area contributed by atoms with Gasteiger partial charge in [0.2, 0.25) is 0 Å². The summed E-state index contributed by atoms with van der Waals surface area (Å²) in [6, 6.07) is 47.8. The van der Waals surface area contributed by atoms with Crippen LogP contribution < -0.4 is 0 Å². The van der Waals surface area contributed by atoms with E-state index in [4.69, 9.17) is 23.8 Å². The number of nitrogens with zero attached hydrogens (tertiary/aromatic N) is 3. The van der Waals surface area contributed by atoms with Gasteiger partial charge in [-0.05, 0) is 51.7 Å². The van der Waals surface area contributed by atoms with Crippen molar-refractivity contribution in [3.63, 3.8) is 0 Å². The number of rotatable bonds is 3. The van der Waals surface area contributed by atoms with Gasteiger partial charge in [-0.15, -0.1) is 0 Å². The Bertz CT molecular complexity index is 2950. The van der Waals surface area contributed by atoms with E-state index in [2.05, 4.69) is 66.7 Å². The molecule has 10 aromatic rings. The van der Waals surface area contributed by atoms with Crippen LogP contribution in [-0.4, -0.2) is 15.0 Å². The molecule has 11 rings (SSSR count). The lowest BCUT2D eigenvalue weighted by Gasteiger charge is -2.14. The number of benzene rings is 7. The molecule has 0 amide bonds. The lowest BCUT2D eigenvalue weighted by molar-refractivity contribution is 0.669. The molecule has 0 saturated carbocycles. The Balaban J connectivity index is 1.30. The summed E-state index contributed by atoms with van der Waals surface area (Å²) in [5.74, 6) is 1.73. The van der Waals surface area contributed by atoms with Crippen LogP contribution in [0.25, 0.3) is 111 Å². The zero-order valence-electron chi connectivity index (χ0n) is 25.4. The normalized spacial score (nSPS) is 12.2. The van der Waals surface area contributed by atoms with Crippen molar-refractivity contribution in [3.8, 4) is 56.4 Å². The van der Waals surface area contributed by atoms with Crippen molar-refractivity contribution in [2.24, 2.45) is 0 Å². The topological polar surface area (TPSA) is 65.0 Å². The maximum absolute atomic E-state index is 6.57. The quantitative estimate of drug-likeness (QED) is 0.198. The van der Waals surface area contributed by atoms with Gasteiger partial charge in [0, 0.05) is 38.2 Å². The number of para-hydroxylation sites is 3. The van der Waals surface area contributed by atoms with Crippen molar-refractivity contribution in [2.75, 3.05) is 0 Å². The Morgan fingerprint density at radius 2 is 1.02 bits per heavy atom. The maximum atomic E-state index is 6.57. The highest BCUT2D eigenvalue weighted by molar-refractivity contribution is 6.25. The first kappa shape index (κ1) is 25.6. The summed E-state index contributed by atoms with van der Waals surface area (Å²) in [7, 11) is 0. The molecule has 0 fully saturated rings. The van der Waals surface area contributed by atoms with Crippen molar-refractivity contribution < 1.29 is 8.83 Å². The van der Waals surface area contributed by atoms with Gasteiger partial charge in [-0.1, -0.05) is 115 Å². The SMILES string of the molecule is c1ccc(-c2nc(-c3cccc4c3oc3ccccc34)nc(-c3c4c(cc5oc6ccccc6c35)-c3cccc5cccc-4c35)n2)cc1. The molecule has 48 heavy (non-hydrogen) atoms. The molecule has 222 valence electrons. The molecule has 5 nitrogen and oxygen atoms in total. The van der Waals surface area contributed by atoms with E-state index < -0.39 is 0 Å². The third-order valence-corrected chi connectivity index (χ3v) is 9.67. The maximum Gasteiger partial charge on any atom is 0.167 e. The summed E-state index contributed by atoms with van der Waals surface area (Å²) in [6.07, 6.45) is 0. The van der Waals surface area contributed by atoms with Gasteiger partial charge in [0.1, 0.15) is 22.3 Å². The molecule has 0 unspecified atom stereocenters. The second-order valence-corrected chi connectivity index (χ2v) is 12.3. The van der Waals surface area contributed by atoms with Gasteiger partial charge in [-0.25, -0.2) is 15.0 Å². The van der Waals surface area contributed by atoms with Crippen LogP contribution in [0.3, 0.4) is 0 Å². The van der Waals surface area contributed by atoms with E-state index in [1.165, 1.54) is 21.9 Å². The molecular weight excluding hydrogens is 590 g/mol. The molecule has 5 heteroatoms. The molecule has 1 aliphatic carbocycles. The number of fused-ring (bicyclic) bond motifs is 9. The van der Waals surface area contributed by atoms with Gasteiger partial charge in [-0.3, -0.25) is 0 Å². The Morgan fingerprint density at radius 1 is 0.375 bits per heavy atom. The van der Waals surface area contributed by atoms with Gasteiger partial charge in [0.05, 0.1) is 5.56 Å². The number of furan rings is 2. The van der Waals surface area contributed by atoms with Gasteiger partial charge >= 0.3 is 0 Å². The predicted molar refractivity (Wildman–Crippen MR) is 193 cm³/mol. The van der Waals surface area contributed by atoms with Gasteiger partial charge < -0.3 is 8.83 Å². The number of hydrogen-bond donors (Lipinski definition) is 0. The molecule has 1 aliphatic rings. The van der Waals surface area contributed by atoms with Gasteiger partial charge in [-0.2, -0.15) is 0 Å². The third-order valence-electron chi connectivity index (χ3n) is 9.67. The molecule has 0 aliphatic heterocycles. The van der Waals surface area contributed by atoms with Gasteiger partial charge in [0.25, 0.3) is 0 Å². The van der Waals surface area contributed by atoms with E-state index in [9.17, 15) is 0 Å². The minimum Gasteiger partial charge on any atom is -0.456 e.